The van der Waals surface area contributed by atoms with Crippen molar-refractivity contribution in [3.8, 4) is 0 Å². The van der Waals surface area contributed by atoms with Crippen molar-refractivity contribution in [3.05, 3.63) is 29.6 Å². The molecule has 1 saturated heterocycles. The quantitative estimate of drug-likeness (QED) is 0.807. The van der Waals surface area contributed by atoms with Gasteiger partial charge in [-0.3, -0.25) is 14.5 Å². The lowest BCUT2D eigenvalue weighted by atomic mass is 10.1. The molecular formula is C15H20FN3O3. The fourth-order valence-corrected chi connectivity index (χ4v) is 2.48. The molecule has 22 heavy (non-hydrogen) atoms. The Balaban J connectivity index is 1.90. The first-order chi connectivity index (χ1) is 10.5. The topological polar surface area (TPSA) is 75.9 Å². The van der Waals surface area contributed by atoms with Crippen LogP contribution in [0.5, 0.6) is 0 Å². The van der Waals surface area contributed by atoms with E-state index in [1.54, 1.807) is 6.07 Å². The molecule has 0 unspecified atom stereocenters. The predicted octanol–water partition coefficient (Wildman–Crippen LogP) is 0.610. The average molecular weight is 309 g/mol. The number of piperazine rings is 1. The molecule has 0 aromatic heterocycles. The lowest BCUT2D eigenvalue weighted by Gasteiger charge is -2.36. The van der Waals surface area contributed by atoms with Crippen molar-refractivity contribution in [1.29, 1.82) is 0 Å². The van der Waals surface area contributed by atoms with E-state index in [1.807, 2.05) is 4.90 Å². The molecule has 7 heteroatoms. The molecule has 2 N–H and O–H groups in total. The zero-order valence-corrected chi connectivity index (χ0v) is 12.5. The van der Waals surface area contributed by atoms with E-state index in [9.17, 15) is 14.0 Å². The molecule has 1 amide bonds. The largest absolute Gasteiger partial charge is 0.469 e. The lowest BCUT2D eigenvalue weighted by Crippen LogP contribution is -2.47. The number of ether oxygens (including phenoxy) is 1. The van der Waals surface area contributed by atoms with Crippen LogP contribution in [0.3, 0.4) is 0 Å². The number of rotatable bonds is 5. The van der Waals surface area contributed by atoms with Crippen molar-refractivity contribution in [3.63, 3.8) is 0 Å². The summed E-state index contributed by atoms with van der Waals surface area (Å²) in [6.07, 6.45) is 0.373. The minimum atomic E-state index is -0.767. The van der Waals surface area contributed by atoms with Crippen LogP contribution < -0.4 is 10.6 Å². The summed E-state index contributed by atoms with van der Waals surface area (Å²) in [6.45, 7) is 3.70. The van der Waals surface area contributed by atoms with Gasteiger partial charge in [-0.15, -0.1) is 0 Å². The maximum atomic E-state index is 13.8. The van der Waals surface area contributed by atoms with Gasteiger partial charge in [-0.2, -0.15) is 0 Å². The SMILES string of the molecule is COC(=O)CCN1CCN(c2ccc(C(N)=O)c(F)c2)CC1. The summed E-state index contributed by atoms with van der Waals surface area (Å²) >= 11 is 0. The fraction of sp³-hybridized carbons (Fsp3) is 0.467. The summed E-state index contributed by atoms with van der Waals surface area (Å²) in [4.78, 5) is 26.4. The van der Waals surface area contributed by atoms with Gasteiger partial charge in [-0.1, -0.05) is 0 Å². The Bertz CT molecular complexity index is 557. The number of halogens is 1. The number of carbonyl (C=O) groups is 2. The lowest BCUT2D eigenvalue weighted by molar-refractivity contribution is -0.141. The van der Waals surface area contributed by atoms with Crippen LogP contribution in [0.15, 0.2) is 18.2 Å². The van der Waals surface area contributed by atoms with Crippen molar-refractivity contribution in [2.75, 3.05) is 44.7 Å². The van der Waals surface area contributed by atoms with Gasteiger partial charge in [0.15, 0.2) is 0 Å². The van der Waals surface area contributed by atoms with Gasteiger partial charge in [-0.25, -0.2) is 4.39 Å². The number of benzene rings is 1. The highest BCUT2D eigenvalue weighted by atomic mass is 19.1. The smallest absolute Gasteiger partial charge is 0.306 e. The third-order valence-electron chi connectivity index (χ3n) is 3.82. The molecule has 0 aliphatic carbocycles. The molecule has 0 bridgehead atoms. The van der Waals surface area contributed by atoms with Crippen LogP contribution in [0.2, 0.25) is 0 Å². The van der Waals surface area contributed by atoms with E-state index >= 15 is 0 Å². The van der Waals surface area contributed by atoms with E-state index in [0.29, 0.717) is 13.0 Å². The number of hydrogen-bond acceptors (Lipinski definition) is 5. The van der Waals surface area contributed by atoms with E-state index in [4.69, 9.17) is 5.73 Å². The molecular weight excluding hydrogens is 289 g/mol. The monoisotopic (exact) mass is 309 g/mol. The summed E-state index contributed by atoms with van der Waals surface area (Å²) < 4.78 is 18.4. The number of carbonyl (C=O) groups excluding carboxylic acids is 2. The van der Waals surface area contributed by atoms with Crippen LogP contribution in [0.1, 0.15) is 16.8 Å². The Labute approximate surface area is 128 Å². The number of methoxy groups -OCH3 is 1. The molecule has 0 saturated carbocycles. The van der Waals surface area contributed by atoms with Crippen LogP contribution in [-0.2, 0) is 9.53 Å². The van der Waals surface area contributed by atoms with E-state index in [-0.39, 0.29) is 11.5 Å². The summed E-state index contributed by atoms with van der Waals surface area (Å²) in [5, 5.41) is 0. The number of esters is 1. The van der Waals surface area contributed by atoms with Crippen LogP contribution in [-0.4, -0.2) is 56.6 Å². The second kappa shape index (κ2) is 7.22. The number of hydrogen-bond donors (Lipinski definition) is 1. The molecule has 1 heterocycles. The van der Waals surface area contributed by atoms with Crippen molar-refractivity contribution >= 4 is 17.6 Å². The van der Waals surface area contributed by atoms with Gasteiger partial charge in [-0.05, 0) is 18.2 Å². The highest BCUT2D eigenvalue weighted by Gasteiger charge is 2.19. The molecule has 1 aliphatic rings. The average Bonchev–Trinajstić information content (AvgIpc) is 2.52. The Morgan fingerprint density at radius 1 is 1.27 bits per heavy atom. The molecule has 120 valence electrons. The van der Waals surface area contributed by atoms with Crippen molar-refractivity contribution in [2.45, 2.75) is 6.42 Å². The van der Waals surface area contributed by atoms with Crippen LogP contribution in [0.25, 0.3) is 0 Å². The molecule has 1 aliphatic heterocycles. The zero-order valence-electron chi connectivity index (χ0n) is 12.5. The number of nitrogens with two attached hydrogens (primary N) is 1. The number of primary amides is 1. The van der Waals surface area contributed by atoms with Gasteiger partial charge in [0.25, 0.3) is 5.91 Å². The molecule has 0 radical (unpaired) electrons. The van der Waals surface area contributed by atoms with Crippen molar-refractivity contribution in [1.82, 2.24) is 4.90 Å². The zero-order chi connectivity index (χ0) is 16.1. The highest BCUT2D eigenvalue weighted by molar-refractivity contribution is 5.93. The van der Waals surface area contributed by atoms with Gasteiger partial charge in [0.05, 0.1) is 19.1 Å². The van der Waals surface area contributed by atoms with Gasteiger partial charge < -0.3 is 15.4 Å². The molecule has 1 aromatic carbocycles. The minimum absolute atomic E-state index is 0.0968. The number of anilines is 1. The summed E-state index contributed by atoms with van der Waals surface area (Å²) in [5.41, 5.74) is 5.73. The number of nitrogens with zero attached hydrogens (tertiary/aromatic N) is 2. The molecule has 6 nitrogen and oxygen atoms in total. The maximum Gasteiger partial charge on any atom is 0.306 e. The first kappa shape index (κ1) is 16.2. The summed E-state index contributed by atoms with van der Waals surface area (Å²) in [6, 6.07) is 4.45. The Hall–Kier alpha value is -2.15. The van der Waals surface area contributed by atoms with Crippen LogP contribution in [0, 0.1) is 5.82 Å². The number of amides is 1. The molecule has 0 spiro atoms. The Morgan fingerprint density at radius 2 is 1.95 bits per heavy atom. The van der Waals surface area contributed by atoms with E-state index in [1.165, 1.54) is 19.2 Å². The van der Waals surface area contributed by atoms with E-state index < -0.39 is 11.7 Å². The first-order valence-corrected chi connectivity index (χ1v) is 7.14. The predicted molar refractivity (Wildman–Crippen MR) is 80.2 cm³/mol. The molecule has 1 aromatic rings. The van der Waals surface area contributed by atoms with Gasteiger partial charge in [0.1, 0.15) is 5.82 Å². The normalized spacial score (nSPS) is 15.6. The summed E-state index contributed by atoms with van der Waals surface area (Å²) in [7, 11) is 1.38. The summed E-state index contributed by atoms with van der Waals surface area (Å²) in [5.74, 6) is -1.58. The third kappa shape index (κ3) is 3.94. The van der Waals surface area contributed by atoms with Crippen LogP contribution in [0.4, 0.5) is 10.1 Å². The Kier molecular flexibility index (Phi) is 5.32. The first-order valence-electron chi connectivity index (χ1n) is 7.14. The van der Waals surface area contributed by atoms with Gasteiger partial charge >= 0.3 is 5.97 Å². The van der Waals surface area contributed by atoms with Gasteiger partial charge in [0.2, 0.25) is 0 Å². The molecule has 1 fully saturated rings. The Morgan fingerprint density at radius 3 is 2.50 bits per heavy atom. The second-order valence-corrected chi connectivity index (χ2v) is 5.18. The van der Waals surface area contributed by atoms with E-state index in [0.717, 1.165) is 31.9 Å². The molecule has 0 atom stereocenters. The molecule has 2 rings (SSSR count). The third-order valence-corrected chi connectivity index (χ3v) is 3.82. The second-order valence-electron chi connectivity index (χ2n) is 5.18. The van der Waals surface area contributed by atoms with Gasteiger partial charge in [0, 0.05) is 38.4 Å². The van der Waals surface area contributed by atoms with Crippen molar-refractivity contribution < 1.29 is 18.7 Å². The minimum Gasteiger partial charge on any atom is -0.469 e. The maximum absolute atomic E-state index is 13.8. The van der Waals surface area contributed by atoms with Crippen LogP contribution >= 0.6 is 0 Å². The standard InChI is InChI=1S/C15H20FN3O3/c1-22-14(20)4-5-18-6-8-19(9-7-18)11-2-3-12(15(17)21)13(16)10-11/h2-3,10H,4-9H2,1H3,(H2,17,21). The van der Waals surface area contributed by atoms with E-state index in [2.05, 4.69) is 9.64 Å². The highest BCUT2D eigenvalue weighted by Crippen LogP contribution is 2.20. The van der Waals surface area contributed by atoms with Crippen molar-refractivity contribution in [2.24, 2.45) is 5.73 Å². The fourth-order valence-electron chi connectivity index (χ4n) is 2.48.